The van der Waals surface area contributed by atoms with Crippen molar-refractivity contribution < 1.29 is 0 Å². The molecule has 8 heteroatoms. The number of hydrogen-bond acceptors (Lipinski definition) is 4. The zero-order chi connectivity index (χ0) is 97.4. The maximum Gasteiger partial charge on any atom is 0.238 e. The molecule has 0 radical (unpaired) electrons. The minimum absolute atomic E-state index is 0.105. The molecule has 0 aliphatic heterocycles. The van der Waals surface area contributed by atoms with Gasteiger partial charge in [0.25, 0.3) is 0 Å². The van der Waals surface area contributed by atoms with E-state index in [1.54, 1.807) is 0 Å². The van der Waals surface area contributed by atoms with E-state index in [4.69, 9.17) is 15.0 Å². The lowest BCUT2D eigenvalue weighted by Gasteiger charge is -2.32. The van der Waals surface area contributed by atoms with Crippen LogP contribution in [-0.2, 0) is 10.8 Å². The quantitative estimate of drug-likeness (QED) is 0.115. The second-order valence-electron chi connectivity index (χ2n) is 39.2. The van der Waals surface area contributed by atoms with Crippen LogP contribution in [0.2, 0.25) is 0 Å². The fraction of sp³-hybridized carbons (Fsp3) is 0.0288. The third kappa shape index (κ3) is 14.1. The summed E-state index contributed by atoms with van der Waals surface area (Å²) < 4.78 is 9.33. The largest absolute Gasteiger partial charge is 0.310 e. The fourth-order valence-corrected chi connectivity index (χ4v) is 24.1. The van der Waals surface area contributed by atoms with Crippen molar-refractivity contribution in [3.05, 3.63) is 567 Å². The summed E-state index contributed by atoms with van der Waals surface area (Å²) in [6, 6.07) is 193. The van der Waals surface area contributed by atoms with Crippen LogP contribution in [0.15, 0.2) is 534 Å². The van der Waals surface area contributed by atoms with Gasteiger partial charge in [0.1, 0.15) is 0 Å². The molecule has 5 heterocycles. The second kappa shape index (κ2) is 34.9. The van der Waals surface area contributed by atoms with Gasteiger partial charge >= 0.3 is 0 Å². The van der Waals surface area contributed by atoms with Gasteiger partial charge in [0.2, 0.25) is 5.95 Å². The van der Waals surface area contributed by atoms with Gasteiger partial charge in [-0.15, -0.1) is 0 Å². The van der Waals surface area contributed by atoms with Crippen molar-refractivity contribution in [1.82, 2.24) is 33.2 Å². The molecule has 30 rings (SSSR count). The number of fused-ring (bicyclic) bond motifs is 25. The molecule has 0 unspecified atom stereocenters. The van der Waals surface area contributed by atoms with Gasteiger partial charge in [-0.25, -0.2) is 4.98 Å². The Bertz CT molecular complexity index is 9800. The van der Waals surface area contributed by atoms with Gasteiger partial charge in [-0.1, -0.05) is 414 Å². The van der Waals surface area contributed by atoms with Gasteiger partial charge in [-0.05, 0) is 245 Å². The van der Waals surface area contributed by atoms with E-state index in [0.717, 1.165) is 66.8 Å². The number of para-hydroxylation sites is 6. The summed E-state index contributed by atoms with van der Waals surface area (Å²) in [6.07, 6.45) is 0. The van der Waals surface area contributed by atoms with Gasteiger partial charge in [-0.2, -0.15) is 9.97 Å². The molecule has 147 heavy (non-hydrogen) atoms. The standard InChI is InChI=1S/C52H37N.C45H29N5.C42H28N2/c1-51(2)45-20-10-6-16-39(45)43-30-28-37(32-49(43)51)53(36-26-24-35(25-27-36)34-14-4-3-5-15-34)38-29-31-44-42-19-9-13-23-48(42)52(50(44)33-38)46-21-11-7-17-40(46)41-18-8-12-22-47(41)52;1-4-14-30(15-5-1)31-24-26-33(27-25-31)44-46-43(32-16-6-2-7-17-32)47-45(48-44)50-40-23-13-11-21-36(40)38-28-37-35-20-10-12-22-39(35)49(41(37)29-42(38)50)34-18-8-3-9-19-34;1-3-12-29(13-4-1)30-14-11-17-34(26-30)44-40-21-10-8-19-36(40)38-28-32(23-25-42(38)44)31-22-24-41-37(27-31)35-18-7-9-20-39(35)43(41)33-15-5-2-6-16-33/h3-33H,1-2H3;1-29H;1-28H. The SMILES string of the molecule is CC1(C)c2ccccc2-c2ccc(N(c3ccc(-c4ccccc4)cc3)c3ccc4c(c3)C3(c5ccccc5-c5ccccc53)c3ccccc3-4)cc21.c1ccc(-c2ccc(-c3nc(-c4ccccc4)nc(-n4c5ccccc5c5cc6c7ccccc7n(-c7ccccc7)c6cc54)n3)cc2)cc1.c1ccc(-c2cccc(-n3c4ccccc4c4cc(-c5ccc6c(c5)c5ccccc5n6-c5ccccc5)ccc43)c2)cc1. The Balaban J connectivity index is 0.000000107. The molecule has 0 N–H and O–H groups in total. The Hall–Kier alpha value is -19.2. The first-order chi connectivity index (χ1) is 72.7. The highest BCUT2D eigenvalue weighted by Gasteiger charge is 2.52. The van der Waals surface area contributed by atoms with Crippen LogP contribution < -0.4 is 4.90 Å². The minimum atomic E-state index is -0.403. The monoisotopic (exact) mass is 1870 g/mol. The molecule has 3 aliphatic carbocycles. The predicted octanol–water partition coefficient (Wildman–Crippen LogP) is 35.8. The van der Waals surface area contributed by atoms with E-state index >= 15 is 0 Å². The van der Waals surface area contributed by atoms with Crippen molar-refractivity contribution in [3.8, 4) is 124 Å². The van der Waals surface area contributed by atoms with Crippen LogP contribution in [0.4, 0.5) is 17.1 Å². The average molecular weight is 1880 g/mol. The van der Waals surface area contributed by atoms with Crippen LogP contribution in [0, 0.1) is 0 Å². The van der Waals surface area contributed by atoms with Gasteiger partial charge < -0.3 is 18.6 Å². The number of benzene rings is 22. The number of hydrogen-bond donors (Lipinski definition) is 0. The molecule has 0 bridgehead atoms. The molecule has 0 saturated carbocycles. The van der Waals surface area contributed by atoms with Crippen LogP contribution >= 0.6 is 0 Å². The highest BCUT2D eigenvalue weighted by molar-refractivity contribution is 6.20. The van der Waals surface area contributed by atoms with Crippen LogP contribution in [0.25, 0.3) is 211 Å². The molecule has 0 amide bonds. The van der Waals surface area contributed by atoms with E-state index in [1.165, 1.54) is 177 Å². The molecule has 5 aromatic heterocycles. The first kappa shape index (κ1) is 85.8. The van der Waals surface area contributed by atoms with Crippen LogP contribution in [0.5, 0.6) is 0 Å². The van der Waals surface area contributed by atoms with Gasteiger partial charge in [-0.3, -0.25) is 4.57 Å². The number of aromatic nitrogens is 7. The number of anilines is 3. The molecule has 0 saturated heterocycles. The molecule has 3 aliphatic rings. The number of nitrogens with zero attached hydrogens (tertiary/aromatic N) is 8. The van der Waals surface area contributed by atoms with E-state index in [0.29, 0.717) is 17.6 Å². The van der Waals surface area contributed by atoms with Crippen LogP contribution in [0.3, 0.4) is 0 Å². The van der Waals surface area contributed by atoms with Crippen molar-refractivity contribution in [3.63, 3.8) is 0 Å². The predicted molar refractivity (Wildman–Crippen MR) is 611 cm³/mol. The molecule has 27 aromatic rings. The van der Waals surface area contributed by atoms with Gasteiger partial charge in [0.15, 0.2) is 11.6 Å². The van der Waals surface area contributed by atoms with Crippen molar-refractivity contribution in [2.45, 2.75) is 24.7 Å². The summed E-state index contributed by atoms with van der Waals surface area (Å²) >= 11 is 0. The van der Waals surface area contributed by atoms with Gasteiger partial charge in [0.05, 0.1) is 49.5 Å². The summed E-state index contributed by atoms with van der Waals surface area (Å²) in [5, 5.41) is 9.78. The topological polar surface area (TPSA) is 61.6 Å². The number of rotatable bonds is 13. The summed E-state index contributed by atoms with van der Waals surface area (Å²) in [4.78, 5) is 17.9. The van der Waals surface area contributed by atoms with Crippen molar-refractivity contribution in [2.24, 2.45) is 0 Å². The van der Waals surface area contributed by atoms with Crippen molar-refractivity contribution in [1.29, 1.82) is 0 Å². The Morgan fingerprint density at radius 3 is 0.939 bits per heavy atom. The maximum absolute atomic E-state index is 5.21. The molecule has 690 valence electrons. The molecule has 8 nitrogen and oxygen atoms in total. The van der Waals surface area contributed by atoms with E-state index in [-0.39, 0.29) is 5.41 Å². The van der Waals surface area contributed by atoms with Crippen molar-refractivity contribution >= 4 is 104 Å². The minimum Gasteiger partial charge on any atom is -0.310 e. The van der Waals surface area contributed by atoms with E-state index in [9.17, 15) is 0 Å². The lowest BCUT2D eigenvalue weighted by Crippen LogP contribution is -2.26. The Labute approximate surface area is 851 Å². The van der Waals surface area contributed by atoms with Crippen LogP contribution in [-0.4, -0.2) is 33.2 Å². The third-order valence-corrected chi connectivity index (χ3v) is 30.8. The second-order valence-corrected chi connectivity index (χ2v) is 39.2. The first-order valence-electron chi connectivity index (χ1n) is 50.6. The summed E-state index contributed by atoms with van der Waals surface area (Å²) in [5.74, 6) is 1.83. The van der Waals surface area contributed by atoms with E-state index in [2.05, 4.69) is 547 Å². The molecule has 0 atom stereocenters. The molecule has 22 aromatic carbocycles. The molecular weight excluding hydrogens is 1780 g/mol. The van der Waals surface area contributed by atoms with Crippen LogP contribution in [0.1, 0.15) is 47.2 Å². The fourth-order valence-electron chi connectivity index (χ4n) is 24.1. The third-order valence-electron chi connectivity index (χ3n) is 30.8. The highest BCUT2D eigenvalue weighted by atomic mass is 15.2. The maximum atomic E-state index is 5.21. The zero-order valence-electron chi connectivity index (χ0n) is 80.9. The summed E-state index contributed by atoms with van der Waals surface area (Å²) in [6.45, 7) is 4.73. The van der Waals surface area contributed by atoms with E-state index < -0.39 is 5.41 Å². The lowest BCUT2D eigenvalue weighted by atomic mass is 9.70. The zero-order valence-corrected chi connectivity index (χ0v) is 80.9. The Morgan fingerprint density at radius 2 is 0.463 bits per heavy atom. The summed E-state index contributed by atoms with van der Waals surface area (Å²) in [7, 11) is 0. The smallest absolute Gasteiger partial charge is 0.238 e. The van der Waals surface area contributed by atoms with Gasteiger partial charge in [0, 0.05) is 93.8 Å². The Kier molecular flexibility index (Phi) is 20.4. The average Bonchev–Trinajstić information content (AvgIpc) is 1.50. The normalized spacial score (nSPS) is 12.7. The summed E-state index contributed by atoms with van der Waals surface area (Å²) in [5.41, 5.74) is 43.3. The van der Waals surface area contributed by atoms with Crippen molar-refractivity contribution in [2.75, 3.05) is 4.90 Å². The lowest BCUT2D eigenvalue weighted by molar-refractivity contribution is 0.660. The molecular formula is C139H94N8. The highest BCUT2D eigenvalue weighted by Crippen LogP contribution is 2.64. The first-order valence-corrected chi connectivity index (χ1v) is 50.6. The Morgan fingerprint density at radius 1 is 0.170 bits per heavy atom. The molecule has 1 spiro atoms. The molecule has 0 fully saturated rings. The van der Waals surface area contributed by atoms with E-state index in [1.807, 2.05) is 24.3 Å².